The number of alkyl carbamates (subject to hydrolysis) is 1. The van der Waals surface area contributed by atoms with Crippen molar-refractivity contribution in [2.24, 2.45) is 0 Å². The highest BCUT2D eigenvalue weighted by molar-refractivity contribution is 9.10. The molecule has 0 bridgehead atoms. The molecule has 0 atom stereocenters. The summed E-state index contributed by atoms with van der Waals surface area (Å²) in [6.45, 7) is 8.99. The Morgan fingerprint density at radius 1 is 1.52 bits per heavy atom. The van der Waals surface area contributed by atoms with Crippen molar-refractivity contribution in [2.45, 2.75) is 39.8 Å². The summed E-state index contributed by atoms with van der Waals surface area (Å²) in [4.78, 5) is 11.5. The van der Waals surface area contributed by atoms with Crippen molar-refractivity contribution in [1.82, 2.24) is 15.1 Å². The van der Waals surface area contributed by atoms with Crippen LogP contribution in [0.25, 0.3) is 6.08 Å². The van der Waals surface area contributed by atoms with Crippen LogP contribution in [0.5, 0.6) is 0 Å². The van der Waals surface area contributed by atoms with Gasteiger partial charge in [0.05, 0.1) is 25.1 Å². The second-order valence-corrected chi connectivity index (χ2v) is 6.11. The number of amides is 1. The van der Waals surface area contributed by atoms with Crippen LogP contribution in [0.3, 0.4) is 0 Å². The standard InChI is InChI=1S/C14H22BrN3O3/c1-5-20-9-6-11-10-12(15)17-18(11)8-7-16-13(19)21-14(2,3)4/h6,9-10H,5,7-8H2,1-4H3,(H,16,19). The van der Waals surface area contributed by atoms with E-state index < -0.39 is 11.7 Å². The van der Waals surface area contributed by atoms with E-state index in [0.29, 0.717) is 19.7 Å². The topological polar surface area (TPSA) is 65.4 Å². The molecule has 1 N–H and O–H groups in total. The van der Waals surface area contributed by atoms with Gasteiger partial charge in [-0.2, -0.15) is 5.10 Å². The first kappa shape index (κ1) is 17.6. The molecule has 6 nitrogen and oxygen atoms in total. The number of ether oxygens (including phenoxy) is 2. The van der Waals surface area contributed by atoms with Crippen molar-refractivity contribution in [3.8, 4) is 0 Å². The lowest BCUT2D eigenvalue weighted by Crippen LogP contribution is -2.34. The van der Waals surface area contributed by atoms with E-state index in [1.807, 2.05) is 39.8 Å². The van der Waals surface area contributed by atoms with Crippen molar-refractivity contribution < 1.29 is 14.3 Å². The summed E-state index contributed by atoms with van der Waals surface area (Å²) in [6, 6.07) is 1.88. The van der Waals surface area contributed by atoms with Crippen molar-refractivity contribution in [1.29, 1.82) is 0 Å². The summed E-state index contributed by atoms with van der Waals surface area (Å²) in [7, 11) is 0. The molecule has 0 radical (unpaired) electrons. The number of nitrogens with one attached hydrogen (secondary N) is 1. The van der Waals surface area contributed by atoms with Gasteiger partial charge < -0.3 is 14.8 Å². The number of hydrogen-bond donors (Lipinski definition) is 1. The zero-order valence-corrected chi connectivity index (χ0v) is 14.4. The fraction of sp³-hybridized carbons (Fsp3) is 0.571. The average molecular weight is 360 g/mol. The van der Waals surface area contributed by atoms with Crippen molar-refractivity contribution in [3.05, 3.63) is 22.6 Å². The van der Waals surface area contributed by atoms with E-state index in [-0.39, 0.29) is 0 Å². The van der Waals surface area contributed by atoms with Gasteiger partial charge in [0.1, 0.15) is 10.2 Å². The summed E-state index contributed by atoms with van der Waals surface area (Å²) >= 11 is 3.33. The third-order valence-electron chi connectivity index (χ3n) is 2.27. The molecule has 0 aliphatic heterocycles. The van der Waals surface area contributed by atoms with Crippen LogP contribution < -0.4 is 5.32 Å². The fourth-order valence-electron chi connectivity index (χ4n) is 1.50. The van der Waals surface area contributed by atoms with Gasteiger partial charge in [0.15, 0.2) is 0 Å². The quantitative estimate of drug-likeness (QED) is 0.792. The predicted octanol–water partition coefficient (Wildman–Crippen LogP) is 3.18. The third kappa shape index (κ3) is 7.17. The molecule has 1 heterocycles. The van der Waals surface area contributed by atoms with Gasteiger partial charge in [-0.15, -0.1) is 0 Å². The van der Waals surface area contributed by atoms with Crippen molar-refractivity contribution in [3.63, 3.8) is 0 Å². The Kier molecular flexibility index (Phi) is 6.74. The van der Waals surface area contributed by atoms with Gasteiger partial charge in [-0.1, -0.05) is 0 Å². The summed E-state index contributed by atoms with van der Waals surface area (Å²) in [5, 5.41) is 6.99. The number of halogens is 1. The van der Waals surface area contributed by atoms with E-state index in [1.165, 1.54) is 0 Å². The number of rotatable bonds is 6. The van der Waals surface area contributed by atoms with Crippen LogP contribution in [0.15, 0.2) is 16.9 Å². The molecule has 118 valence electrons. The first-order valence-corrected chi connectivity index (χ1v) is 7.59. The maximum atomic E-state index is 11.5. The lowest BCUT2D eigenvalue weighted by Gasteiger charge is -2.19. The van der Waals surface area contributed by atoms with Gasteiger partial charge >= 0.3 is 6.09 Å². The van der Waals surface area contributed by atoms with Crippen LogP contribution in [0, 0.1) is 0 Å². The molecule has 21 heavy (non-hydrogen) atoms. The van der Waals surface area contributed by atoms with Gasteiger partial charge in [0.25, 0.3) is 0 Å². The molecule has 1 amide bonds. The molecule has 0 unspecified atom stereocenters. The van der Waals surface area contributed by atoms with Crippen molar-refractivity contribution in [2.75, 3.05) is 13.2 Å². The largest absolute Gasteiger partial charge is 0.501 e. The van der Waals surface area contributed by atoms with E-state index in [0.717, 1.165) is 10.3 Å². The van der Waals surface area contributed by atoms with Gasteiger partial charge in [-0.3, -0.25) is 4.68 Å². The van der Waals surface area contributed by atoms with Gasteiger partial charge in [-0.25, -0.2) is 4.79 Å². The molecule has 1 aromatic heterocycles. The maximum absolute atomic E-state index is 11.5. The number of nitrogens with zero attached hydrogens (tertiary/aromatic N) is 2. The maximum Gasteiger partial charge on any atom is 0.407 e. The van der Waals surface area contributed by atoms with Gasteiger partial charge in [0, 0.05) is 6.54 Å². The Labute approximate surface area is 133 Å². The molecule has 0 saturated heterocycles. The zero-order valence-electron chi connectivity index (χ0n) is 12.9. The summed E-state index contributed by atoms with van der Waals surface area (Å²) in [5.41, 5.74) is 0.394. The highest BCUT2D eigenvalue weighted by Gasteiger charge is 2.15. The lowest BCUT2D eigenvalue weighted by molar-refractivity contribution is 0.0525. The van der Waals surface area contributed by atoms with E-state index in [1.54, 1.807) is 10.9 Å². The number of carbonyl (C=O) groups excluding carboxylic acids is 1. The number of aromatic nitrogens is 2. The van der Waals surface area contributed by atoms with Crippen LogP contribution >= 0.6 is 15.9 Å². The highest BCUT2D eigenvalue weighted by Crippen LogP contribution is 2.12. The van der Waals surface area contributed by atoms with Crippen LogP contribution in [-0.4, -0.2) is 34.6 Å². The Bertz CT molecular complexity index is 492. The summed E-state index contributed by atoms with van der Waals surface area (Å²) in [5.74, 6) is 0. The minimum Gasteiger partial charge on any atom is -0.501 e. The number of hydrogen-bond acceptors (Lipinski definition) is 4. The minimum atomic E-state index is -0.496. The molecule has 7 heteroatoms. The second kappa shape index (κ2) is 8.07. The Morgan fingerprint density at radius 3 is 2.86 bits per heavy atom. The lowest BCUT2D eigenvalue weighted by atomic mass is 10.2. The van der Waals surface area contributed by atoms with Gasteiger partial charge in [-0.05, 0) is 55.8 Å². The van der Waals surface area contributed by atoms with Crippen LogP contribution in [0.2, 0.25) is 0 Å². The Morgan fingerprint density at radius 2 is 2.24 bits per heavy atom. The molecule has 0 fully saturated rings. The molecule has 0 spiro atoms. The van der Waals surface area contributed by atoms with Crippen LogP contribution in [-0.2, 0) is 16.0 Å². The molecule has 1 rings (SSSR count). The van der Waals surface area contributed by atoms with E-state index in [9.17, 15) is 4.79 Å². The van der Waals surface area contributed by atoms with E-state index in [2.05, 4.69) is 26.3 Å². The number of carbonyl (C=O) groups is 1. The average Bonchev–Trinajstić information content (AvgIpc) is 2.68. The first-order valence-electron chi connectivity index (χ1n) is 6.80. The fourth-order valence-corrected chi connectivity index (χ4v) is 1.93. The molecule has 0 aliphatic rings. The zero-order chi connectivity index (χ0) is 15.9. The third-order valence-corrected chi connectivity index (χ3v) is 2.66. The molecule has 0 aromatic carbocycles. The molecule has 0 saturated carbocycles. The van der Waals surface area contributed by atoms with Crippen molar-refractivity contribution >= 4 is 28.1 Å². The molecule has 1 aromatic rings. The molecular formula is C14H22BrN3O3. The van der Waals surface area contributed by atoms with Crippen LogP contribution in [0.4, 0.5) is 4.79 Å². The summed E-state index contributed by atoms with van der Waals surface area (Å²) < 4.78 is 12.8. The normalized spacial score (nSPS) is 11.7. The van der Waals surface area contributed by atoms with Crippen LogP contribution in [0.1, 0.15) is 33.4 Å². The smallest absolute Gasteiger partial charge is 0.407 e. The second-order valence-electron chi connectivity index (χ2n) is 5.30. The van der Waals surface area contributed by atoms with Gasteiger partial charge in [0.2, 0.25) is 0 Å². The predicted molar refractivity (Wildman–Crippen MR) is 84.8 cm³/mol. The molecule has 0 aliphatic carbocycles. The monoisotopic (exact) mass is 359 g/mol. The first-order chi connectivity index (χ1) is 9.81. The minimum absolute atomic E-state index is 0.429. The Hall–Kier alpha value is -1.50. The summed E-state index contributed by atoms with van der Waals surface area (Å²) in [6.07, 6.45) is 3.02. The molecular weight excluding hydrogens is 338 g/mol. The van der Waals surface area contributed by atoms with E-state index in [4.69, 9.17) is 9.47 Å². The van der Waals surface area contributed by atoms with E-state index >= 15 is 0 Å². The Balaban J connectivity index is 2.50. The SMILES string of the molecule is CCOC=Cc1cc(Br)nn1CCNC(=O)OC(C)(C)C. The highest BCUT2D eigenvalue weighted by atomic mass is 79.9.